The number of benzene rings is 14. The van der Waals surface area contributed by atoms with Gasteiger partial charge in [-0.15, -0.1) is 22.7 Å². The van der Waals surface area contributed by atoms with Crippen LogP contribution in [0.2, 0.25) is 0 Å². The van der Waals surface area contributed by atoms with Crippen LogP contribution in [0.4, 0.5) is 34.1 Å². The molecule has 109 heavy (non-hydrogen) atoms. The monoisotopic (exact) mass is 1440 g/mol. The van der Waals surface area contributed by atoms with E-state index in [4.69, 9.17) is 0 Å². The summed E-state index contributed by atoms with van der Waals surface area (Å²) in [5, 5.41) is 33.2. The van der Waals surface area contributed by atoms with Crippen LogP contribution in [0.25, 0.3) is 133 Å². The van der Waals surface area contributed by atoms with Gasteiger partial charge in [-0.2, -0.15) is 10.5 Å². The summed E-state index contributed by atoms with van der Waals surface area (Å²) in [4.78, 5) is 36.0. The Labute approximate surface area is 634 Å². The van der Waals surface area contributed by atoms with Crippen LogP contribution in [-0.4, -0.2) is 13.5 Å². The molecule has 0 radical (unpaired) electrons. The van der Waals surface area contributed by atoms with Gasteiger partial charge in [0.25, 0.3) is 0 Å². The molecule has 9 nitrogen and oxygen atoms in total. The van der Waals surface area contributed by atoms with E-state index in [-0.39, 0.29) is 21.7 Å². The highest BCUT2D eigenvalue weighted by molar-refractivity contribution is 7.27. The molecule has 0 amide bonds. The average Bonchev–Trinajstić information content (AvgIpc) is 1.48. The normalized spacial score (nSPS) is 14.0. The van der Waals surface area contributed by atoms with E-state index in [0.717, 1.165) is 106 Å². The minimum atomic E-state index is -0.504. The van der Waals surface area contributed by atoms with Crippen LogP contribution < -0.4 is 20.7 Å². The maximum atomic E-state index is 15.8. The van der Waals surface area contributed by atoms with Crippen molar-refractivity contribution in [3.05, 3.63) is 338 Å². The van der Waals surface area contributed by atoms with E-state index in [1.54, 1.807) is 0 Å². The smallest absolute Gasteiger partial charge is 0.197 e. The molecule has 11 heteroatoms. The summed E-state index contributed by atoms with van der Waals surface area (Å²) in [5.74, 6) is 0. The molecule has 8 heterocycles. The number of anilines is 6. The number of nitrogens with zero attached hydrogens (tertiary/aromatic N) is 7. The van der Waals surface area contributed by atoms with Crippen LogP contribution in [0.1, 0.15) is 86.1 Å². The molecule has 0 N–H and O–H groups in total. The quantitative estimate of drug-likeness (QED) is 0.121. The molecule has 0 atom stereocenters. The summed E-state index contributed by atoms with van der Waals surface area (Å²) >= 11 is 3.64. The largest absolute Gasteiger partial charge is 0.310 e. The summed E-state index contributed by atoms with van der Waals surface area (Å²) in [5.41, 5.74) is 19.9. The molecule has 2 aliphatic rings. The van der Waals surface area contributed by atoms with Crippen LogP contribution >= 0.6 is 22.7 Å². The van der Waals surface area contributed by atoms with Crippen molar-refractivity contribution >= 4 is 179 Å². The van der Waals surface area contributed by atoms with Gasteiger partial charge in [-0.25, -0.2) is 0 Å². The standard InChI is InChI=1S/C98H65N7O2S2/c1-96(2,3)58-48-69-91-70(49-58)93(107)68-51-60(37-42-78(68)105(91)77-41-36-59(50-67(77)92(69)106)101-79-30-16-10-24-71(79)97(4,5)72-25-11-17-31-80(72)101)102-81-32-18-12-26-73(81)98(6,74-27-13-19-33-82(74)102)52-55-35-38-62-64-40-44-84-90(95(64)109-88(62)45-55)66-23-8-15-29-76(66)104(84)86-47-57(54-100)56(53-99)46-85(86)103-75-28-14-7-22-65(75)89-83(103)43-39-63-61-21-9-20-34-87(61)108-94(63)89/h7-51H,52H2,1-6H3. The number of aromatic nitrogens is 3. The van der Waals surface area contributed by atoms with E-state index >= 15 is 9.59 Å². The molecule has 2 aliphatic heterocycles. The lowest BCUT2D eigenvalue weighted by Crippen LogP contribution is -2.35. The molecule has 20 aromatic rings. The fourth-order valence-electron chi connectivity index (χ4n) is 19.1. The van der Waals surface area contributed by atoms with Crippen LogP contribution in [0, 0.1) is 22.7 Å². The van der Waals surface area contributed by atoms with Crippen molar-refractivity contribution < 1.29 is 0 Å². The zero-order chi connectivity index (χ0) is 73.4. The molecular weight excluding hydrogens is 1370 g/mol. The summed E-state index contributed by atoms with van der Waals surface area (Å²) in [6.07, 6.45) is 0.703. The van der Waals surface area contributed by atoms with E-state index in [9.17, 15) is 10.5 Å². The first-order valence-electron chi connectivity index (χ1n) is 37.1. The molecule has 0 fully saturated rings. The Morgan fingerprint density at radius 1 is 0.367 bits per heavy atom. The Morgan fingerprint density at radius 2 is 0.780 bits per heavy atom. The Kier molecular flexibility index (Phi) is 13.0. The van der Waals surface area contributed by atoms with Gasteiger partial charge in [-0.3, -0.25) is 9.59 Å². The zero-order valence-corrected chi connectivity index (χ0v) is 62.1. The number of fused-ring (bicyclic) bond motifs is 22. The minimum Gasteiger partial charge on any atom is -0.310 e. The Morgan fingerprint density at radius 3 is 1.28 bits per heavy atom. The topological polar surface area (TPSA) is 102 Å². The van der Waals surface area contributed by atoms with Crippen LogP contribution in [0.15, 0.2) is 283 Å². The Balaban J connectivity index is 0.673. The van der Waals surface area contributed by atoms with Crippen molar-refractivity contribution in [3.8, 4) is 23.5 Å². The zero-order valence-electron chi connectivity index (χ0n) is 60.5. The van der Waals surface area contributed by atoms with Gasteiger partial charge in [0.1, 0.15) is 12.1 Å². The number of pyridine rings is 2. The van der Waals surface area contributed by atoms with Crippen molar-refractivity contribution in [3.63, 3.8) is 0 Å². The van der Waals surface area contributed by atoms with Crippen LogP contribution in [0.5, 0.6) is 0 Å². The third kappa shape index (κ3) is 8.63. The van der Waals surface area contributed by atoms with Crippen molar-refractivity contribution in [2.24, 2.45) is 0 Å². The summed E-state index contributed by atoms with van der Waals surface area (Å²) < 4.78 is 11.6. The van der Waals surface area contributed by atoms with Crippen LogP contribution in [-0.2, 0) is 22.7 Å². The highest BCUT2D eigenvalue weighted by Gasteiger charge is 2.42. The van der Waals surface area contributed by atoms with Gasteiger partial charge in [0, 0.05) is 106 Å². The minimum absolute atomic E-state index is 0.101. The van der Waals surface area contributed by atoms with E-state index in [1.807, 2.05) is 46.9 Å². The lowest BCUT2D eigenvalue weighted by atomic mass is 9.68. The second kappa shape index (κ2) is 22.5. The number of thiophene rings is 2. The average molecular weight is 1440 g/mol. The highest BCUT2D eigenvalue weighted by Crippen LogP contribution is 2.56. The van der Waals surface area contributed by atoms with E-state index < -0.39 is 5.41 Å². The number of hydrogen-bond acceptors (Lipinski definition) is 8. The molecule has 0 saturated heterocycles. The van der Waals surface area contributed by atoms with Gasteiger partial charge in [0.15, 0.2) is 10.9 Å². The van der Waals surface area contributed by atoms with Gasteiger partial charge in [0.05, 0.1) is 83.9 Å². The summed E-state index contributed by atoms with van der Waals surface area (Å²) in [6, 6.07) is 102. The van der Waals surface area contributed by atoms with Gasteiger partial charge < -0.3 is 23.3 Å². The van der Waals surface area contributed by atoms with Crippen LogP contribution in [0.3, 0.4) is 0 Å². The predicted molar refractivity (Wildman–Crippen MR) is 454 cm³/mol. The number of nitriles is 2. The van der Waals surface area contributed by atoms with Crippen molar-refractivity contribution in [1.82, 2.24) is 13.5 Å². The van der Waals surface area contributed by atoms with Gasteiger partial charge in [-0.1, -0.05) is 193 Å². The molecule has 0 spiro atoms. The SMILES string of the molecule is CC(C)(C)c1cc2c(=O)c3cc(N4c5ccccc5C(C)(C)c5ccccc54)ccc3n3c4ccc(N5c6ccccc6C(C)(Cc6ccc7c(c6)sc6c7ccc7c6c6ccccc6n7-c6cc(C#N)c(C#N)cc6-n6c7ccccc7c7c8sc9ccccc9c8ccc76)c6ccccc65)cc4c(=O)c(c1)c23. The lowest BCUT2D eigenvalue weighted by molar-refractivity contribution is 0.561. The highest BCUT2D eigenvalue weighted by atomic mass is 32.1. The summed E-state index contributed by atoms with van der Waals surface area (Å²) in [6.45, 7) is 13.4. The van der Waals surface area contributed by atoms with Gasteiger partial charge >= 0.3 is 0 Å². The lowest BCUT2D eigenvalue weighted by Gasteiger charge is -2.44. The number of para-hydroxylation sites is 6. The third-order valence-corrected chi connectivity index (χ3v) is 26.6. The number of hydrogen-bond donors (Lipinski definition) is 0. The Hall–Kier alpha value is -13.2. The second-order valence-corrected chi connectivity index (χ2v) is 33.6. The molecule has 516 valence electrons. The molecule has 0 bridgehead atoms. The second-order valence-electron chi connectivity index (χ2n) is 31.5. The molecule has 0 saturated carbocycles. The van der Waals surface area contributed by atoms with Crippen molar-refractivity contribution in [2.45, 2.75) is 64.2 Å². The fourth-order valence-corrected chi connectivity index (χ4v) is 21.7. The third-order valence-electron chi connectivity index (χ3n) is 24.2. The van der Waals surface area contributed by atoms with E-state index in [1.165, 1.54) is 68.2 Å². The molecule has 22 rings (SSSR count). The van der Waals surface area contributed by atoms with Crippen molar-refractivity contribution in [1.29, 1.82) is 10.5 Å². The first kappa shape index (κ1) is 63.1. The van der Waals surface area contributed by atoms with Gasteiger partial charge in [0.2, 0.25) is 0 Å². The fraction of sp³-hybridized carbons (Fsp3) is 0.102. The first-order valence-corrected chi connectivity index (χ1v) is 38.8. The number of rotatable bonds is 6. The molecule has 6 aromatic heterocycles. The summed E-state index contributed by atoms with van der Waals surface area (Å²) in [7, 11) is 0. The van der Waals surface area contributed by atoms with Crippen molar-refractivity contribution in [2.75, 3.05) is 9.80 Å². The van der Waals surface area contributed by atoms with E-state index in [0.29, 0.717) is 44.6 Å². The first-order chi connectivity index (χ1) is 53.1. The molecule has 0 aliphatic carbocycles. The Bertz CT molecular complexity index is 7640. The molecular formula is C98H65N7O2S2. The maximum Gasteiger partial charge on any atom is 0.197 e. The predicted octanol–water partition coefficient (Wildman–Crippen LogP) is 25.0. The van der Waals surface area contributed by atoms with Gasteiger partial charge in [-0.05, 0) is 167 Å². The maximum absolute atomic E-state index is 15.8. The van der Waals surface area contributed by atoms with E-state index in [2.05, 4.69) is 326 Å². The molecule has 0 unspecified atom stereocenters. The molecule has 14 aromatic carbocycles.